The monoisotopic (exact) mass is 338 g/mol. The highest BCUT2D eigenvalue weighted by Gasteiger charge is 2.14. The van der Waals surface area contributed by atoms with E-state index in [1.165, 1.54) is 0 Å². The van der Waals surface area contributed by atoms with Gasteiger partial charge in [0.2, 0.25) is 23.5 Å². The summed E-state index contributed by atoms with van der Waals surface area (Å²) in [6, 6.07) is 16.8. The highest BCUT2D eigenvalue weighted by Crippen LogP contribution is 2.21. The molecule has 0 bridgehead atoms. The van der Waals surface area contributed by atoms with E-state index >= 15 is 0 Å². The molecule has 0 amide bonds. The quantitative estimate of drug-likeness (QED) is 0.559. The first-order valence-electron chi connectivity index (χ1n) is 7.24. The Bertz CT molecular complexity index is 965. The van der Waals surface area contributed by atoms with Gasteiger partial charge in [0.25, 0.3) is 0 Å². The highest BCUT2D eigenvalue weighted by atomic mass is 35.5. The van der Waals surface area contributed by atoms with Crippen molar-refractivity contribution >= 4 is 11.6 Å². The molecule has 2 aromatic heterocycles. The first-order valence-corrected chi connectivity index (χ1v) is 7.62. The zero-order valence-corrected chi connectivity index (χ0v) is 13.1. The maximum Gasteiger partial charge on any atom is 0.247 e. The van der Waals surface area contributed by atoms with E-state index in [2.05, 4.69) is 20.3 Å². The summed E-state index contributed by atoms with van der Waals surface area (Å²) in [7, 11) is 0. The van der Waals surface area contributed by atoms with Crippen LogP contribution in [0.15, 0.2) is 63.5 Å². The molecule has 118 valence electrons. The Hall–Kier alpha value is -2.99. The fraction of sp³-hybridized carbons (Fsp3) is 0.0588. The third-order valence-electron chi connectivity index (χ3n) is 3.34. The first kappa shape index (κ1) is 14.6. The molecule has 4 rings (SSSR count). The van der Waals surface area contributed by atoms with Crippen molar-refractivity contribution in [2.45, 2.75) is 6.42 Å². The summed E-state index contributed by atoms with van der Waals surface area (Å²) in [5.74, 6) is 1.74. The number of hydrogen-bond donors (Lipinski definition) is 0. The van der Waals surface area contributed by atoms with Gasteiger partial charge >= 0.3 is 0 Å². The number of rotatable bonds is 4. The van der Waals surface area contributed by atoms with Crippen LogP contribution in [-0.2, 0) is 6.42 Å². The highest BCUT2D eigenvalue weighted by molar-refractivity contribution is 6.30. The van der Waals surface area contributed by atoms with E-state index in [1.807, 2.05) is 42.5 Å². The minimum Gasteiger partial charge on any atom is -0.420 e. The number of benzene rings is 2. The van der Waals surface area contributed by atoms with E-state index < -0.39 is 0 Å². The van der Waals surface area contributed by atoms with E-state index in [0.29, 0.717) is 28.5 Å². The number of nitrogens with zero attached hydrogens (tertiary/aromatic N) is 4. The maximum absolute atomic E-state index is 5.97. The average molecular weight is 339 g/mol. The molecule has 0 unspecified atom stereocenters. The van der Waals surface area contributed by atoms with Gasteiger partial charge in [0.05, 0.1) is 0 Å². The van der Waals surface area contributed by atoms with Gasteiger partial charge in [-0.25, -0.2) is 0 Å². The van der Waals surface area contributed by atoms with Crippen molar-refractivity contribution in [1.82, 2.24) is 20.3 Å². The Morgan fingerprint density at radius 1 is 0.875 bits per heavy atom. The fourth-order valence-corrected chi connectivity index (χ4v) is 2.41. The predicted molar refractivity (Wildman–Crippen MR) is 87.3 cm³/mol. The van der Waals surface area contributed by atoms with Crippen LogP contribution in [0.1, 0.15) is 11.8 Å². The lowest BCUT2D eigenvalue weighted by atomic mass is 10.2. The topological polar surface area (TPSA) is 77.8 Å². The second-order valence-electron chi connectivity index (χ2n) is 5.07. The molecule has 0 aliphatic rings. The number of hydrogen-bond acceptors (Lipinski definition) is 6. The Morgan fingerprint density at radius 3 is 2.54 bits per heavy atom. The van der Waals surface area contributed by atoms with Gasteiger partial charge in [0.1, 0.15) is 6.42 Å². The molecule has 0 aliphatic carbocycles. The third-order valence-corrected chi connectivity index (χ3v) is 3.58. The molecule has 0 saturated carbocycles. The van der Waals surface area contributed by atoms with Gasteiger partial charge in [0.15, 0.2) is 0 Å². The third kappa shape index (κ3) is 3.04. The van der Waals surface area contributed by atoms with Gasteiger partial charge in [-0.2, -0.15) is 4.98 Å². The summed E-state index contributed by atoms with van der Waals surface area (Å²) in [4.78, 5) is 4.33. The fourth-order valence-electron chi connectivity index (χ4n) is 2.22. The smallest absolute Gasteiger partial charge is 0.247 e. The lowest BCUT2D eigenvalue weighted by molar-refractivity contribution is 0.374. The van der Waals surface area contributed by atoms with Gasteiger partial charge in [-0.05, 0) is 24.3 Å². The Morgan fingerprint density at radius 2 is 1.71 bits per heavy atom. The summed E-state index contributed by atoms with van der Waals surface area (Å²) in [6.07, 6.45) is 0.271. The molecule has 6 nitrogen and oxygen atoms in total. The van der Waals surface area contributed by atoms with Crippen molar-refractivity contribution in [3.8, 4) is 22.8 Å². The maximum atomic E-state index is 5.97. The molecule has 7 heteroatoms. The van der Waals surface area contributed by atoms with Gasteiger partial charge in [-0.15, -0.1) is 10.2 Å². The molecule has 0 saturated heterocycles. The van der Waals surface area contributed by atoms with Crippen LogP contribution in [0.4, 0.5) is 0 Å². The second kappa shape index (κ2) is 6.25. The number of halogens is 1. The Kier molecular flexibility index (Phi) is 3.80. The van der Waals surface area contributed by atoms with Crippen molar-refractivity contribution in [1.29, 1.82) is 0 Å². The predicted octanol–water partition coefficient (Wildman–Crippen LogP) is 4.03. The molecular formula is C17H11ClN4O2. The molecular weight excluding hydrogens is 328 g/mol. The van der Waals surface area contributed by atoms with Crippen LogP contribution < -0.4 is 0 Å². The minimum atomic E-state index is 0.271. The average Bonchev–Trinajstić information content (AvgIpc) is 3.26. The first-order chi connectivity index (χ1) is 11.8. The second-order valence-corrected chi connectivity index (χ2v) is 5.50. The van der Waals surface area contributed by atoms with Gasteiger partial charge < -0.3 is 8.94 Å². The minimum absolute atomic E-state index is 0.271. The Balaban J connectivity index is 1.54. The van der Waals surface area contributed by atoms with Crippen molar-refractivity contribution in [3.63, 3.8) is 0 Å². The molecule has 0 radical (unpaired) electrons. The summed E-state index contributed by atoms with van der Waals surface area (Å²) in [5.41, 5.74) is 1.65. The largest absolute Gasteiger partial charge is 0.420 e. The van der Waals surface area contributed by atoms with E-state index in [9.17, 15) is 0 Å². The molecule has 4 aromatic rings. The summed E-state index contributed by atoms with van der Waals surface area (Å²) in [6.45, 7) is 0. The van der Waals surface area contributed by atoms with Crippen LogP contribution in [-0.4, -0.2) is 20.3 Å². The van der Waals surface area contributed by atoms with Crippen LogP contribution in [0.2, 0.25) is 5.02 Å². The summed E-state index contributed by atoms with van der Waals surface area (Å²) >= 11 is 5.97. The molecule has 0 N–H and O–H groups in total. The van der Waals surface area contributed by atoms with E-state index in [0.717, 1.165) is 11.1 Å². The van der Waals surface area contributed by atoms with Crippen molar-refractivity contribution in [3.05, 3.63) is 71.4 Å². The van der Waals surface area contributed by atoms with Gasteiger partial charge in [0, 0.05) is 16.1 Å². The van der Waals surface area contributed by atoms with Gasteiger partial charge in [-0.3, -0.25) is 0 Å². The zero-order chi connectivity index (χ0) is 16.4. The van der Waals surface area contributed by atoms with Crippen LogP contribution in [0.3, 0.4) is 0 Å². The van der Waals surface area contributed by atoms with Crippen LogP contribution >= 0.6 is 11.6 Å². The molecule has 0 fully saturated rings. The molecule has 0 spiro atoms. The van der Waals surface area contributed by atoms with Crippen LogP contribution in [0.5, 0.6) is 0 Å². The summed E-state index contributed by atoms with van der Waals surface area (Å²) < 4.78 is 10.9. The zero-order valence-electron chi connectivity index (χ0n) is 12.4. The number of aromatic nitrogens is 4. The van der Waals surface area contributed by atoms with Gasteiger partial charge in [-0.1, -0.05) is 47.1 Å². The molecule has 2 heterocycles. The lowest BCUT2D eigenvalue weighted by Gasteiger charge is -1.93. The lowest BCUT2D eigenvalue weighted by Crippen LogP contribution is -1.89. The standard InChI is InChI=1S/C17H11ClN4O2/c18-13-8-4-7-12(9-13)16-19-14(24-22-16)10-15-20-21-17(23-15)11-5-2-1-3-6-11/h1-9H,10H2. The molecule has 24 heavy (non-hydrogen) atoms. The SMILES string of the molecule is Clc1cccc(-c2noc(Cc3nnc(-c4ccccc4)o3)n2)c1. The molecule has 0 aliphatic heterocycles. The molecule has 2 aromatic carbocycles. The summed E-state index contributed by atoms with van der Waals surface area (Å²) in [5, 5.41) is 12.6. The normalized spacial score (nSPS) is 10.9. The Labute approximate surface area is 142 Å². The van der Waals surface area contributed by atoms with Crippen molar-refractivity contribution in [2.24, 2.45) is 0 Å². The van der Waals surface area contributed by atoms with Crippen LogP contribution in [0.25, 0.3) is 22.8 Å². The van der Waals surface area contributed by atoms with Crippen LogP contribution in [0, 0.1) is 0 Å². The molecule has 0 atom stereocenters. The van der Waals surface area contributed by atoms with E-state index in [1.54, 1.807) is 12.1 Å². The van der Waals surface area contributed by atoms with E-state index in [4.69, 9.17) is 20.5 Å². The van der Waals surface area contributed by atoms with E-state index in [-0.39, 0.29) is 6.42 Å². The van der Waals surface area contributed by atoms with Crippen molar-refractivity contribution in [2.75, 3.05) is 0 Å². The van der Waals surface area contributed by atoms with Crippen molar-refractivity contribution < 1.29 is 8.94 Å².